The standard InChI is InChI=1S/C13H17NO3/c1-14-6-4-11(15)13(16)10-2-3-12-9(8-10)5-7-17-12/h2-3,5,7-8,11,13-16H,4,6H2,1H3. The number of aliphatic hydroxyl groups excluding tert-OH is 2. The van der Waals surface area contributed by atoms with Gasteiger partial charge in [-0.25, -0.2) is 0 Å². The summed E-state index contributed by atoms with van der Waals surface area (Å²) >= 11 is 0. The number of benzene rings is 1. The van der Waals surface area contributed by atoms with Crippen molar-refractivity contribution >= 4 is 11.0 Å². The number of hydrogen-bond acceptors (Lipinski definition) is 4. The molecule has 0 amide bonds. The predicted molar refractivity (Wildman–Crippen MR) is 65.7 cm³/mol. The lowest BCUT2D eigenvalue weighted by Crippen LogP contribution is -2.23. The Morgan fingerprint density at radius 2 is 2.12 bits per heavy atom. The van der Waals surface area contributed by atoms with Crippen molar-refractivity contribution in [3.8, 4) is 0 Å². The van der Waals surface area contributed by atoms with Crippen molar-refractivity contribution in [1.29, 1.82) is 0 Å². The number of furan rings is 1. The first-order chi connectivity index (χ1) is 8.22. The van der Waals surface area contributed by atoms with Crippen LogP contribution in [0, 0.1) is 0 Å². The van der Waals surface area contributed by atoms with Crippen LogP contribution in [0.25, 0.3) is 11.0 Å². The van der Waals surface area contributed by atoms with Gasteiger partial charge in [0.15, 0.2) is 0 Å². The van der Waals surface area contributed by atoms with E-state index in [1.54, 1.807) is 18.4 Å². The summed E-state index contributed by atoms with van der Waals surface area (Å²) < 4.78 is 5.22. The molecule has 2 atom stereocenters. The van der Waals surface area contributed by atoms with Crippen LogP contribution in [0.1, 0.15) is 18.1 Å². The lowest BCUT2D eigenvalue weighted by Gasteiger charge is -2.18. The van der Waals surface area contributed by atoms with Crippen LogP contribution in [-0.2, 0) is 0 Å². The maximum atomic E-state index is 10.0. The quantitative estimate of drug-likeness (QED) is 0.733. The average molecular weight is 235 g/mol. The molecule has 2 aromatic rings. The molecule has 2 rings (SSSR count). The average Bonchev–Trinajstić information content (AvgIpc) is 2.81. The van der Waals surface area contributed by atoms with Crippen LogP contribution in [0.2, 0.25) is 0 Å². The lowest BCUT2D eigenvalue weighted by atomic mass is 10.0. The highest BCUT2D eigenvalue weighted by molar-refractivity contribution is 5.77. The van der Waals surface area contributed by atoms with Crippen molar-refractivity contribution in [2.24, 2.45) is 0 Å². The molecule has 0 aliphatic heterocycles. The molecule has 1 heterocycles. The molecule has 0 radical (unpaired) electrons. The minimum absolute atomic E-state index is 0.515. The topological polar surface area (TPSA) is 65.6 Å². The molecule has 4 heteroatoms. The molecule has 0 fully saturated rings. The van der Waals surface area contributed by atoms with Gasteiger partial charge in [0.05, 0.1) is 12.4 Å². The number of hydrogen-bond donors (Lipinski definition) is 3. The van der Waals surface area contributed by atoms with Gasteiger partial charge in [0.25, 0.3) is 0 Å². The molecule has 0 bridgehead atoms. The molecule has 0 saturated carbocycles. The molecule has 17 heavy (non-hydrogen) atoms. The first-order valence-electron chi connectivity index (χ1n) is 5.70. The fourth-order valence-electron chi connectivity index (χ4n) is 1.84. The van der Waals surface area contributed by atoms with Crippen molar-refractivity contribution in [1.82, 2.24) is 5.32 Å². The van der Waals surface area contributed by atoms with Gasteiger partial charge in [-0.2, -0.15) is 0 Å². The number of fused-ring (bicyclic) bond motifs is 1. The summed E-state index contributed by atoms with van der Waals surface area (Å²) in [5, 5.41) is 23.7. The molecule has 1 aromatic carbocycles. The zero-order valence-corrected chi connectivity index (χ0v) is 9.76. The van der Waals surface area contributed by atoms with E-state index >= 15 is 0 Å². The third-order valence-electron chi connectivity index (χ3n) is 2.87. The fraction of sp³-hybridized carbons (Fsp3) is 0.385. The summed E-state index contributed by atoms with van der Waals surface area (Å²) in [6, 6.07) is 7.26. The van der Waals surface area contributed by atoms with E-state index in [9.17, 15) is 10.2 Å². The summed E-state index contributed by atoms with van der Waals surface area (Å²) in [4.78, 5) is 0. The first kappa shape index (κ1) is 12.1. The van der Waals surface area contributed by atoms with E-state index in [-0.39, 0.29) is 0 Å². The van der Waals surface area contributed by atoms with Crippen LogP contribution in [0.4, 0.5) is 0 Å². The Bertz CT molecular complexity index is 480. The van der Waals surface area contributed by atoms with E-state index in [4.69, 9.17) is 4.42 Å². The molecule has 0 aliphatic rings. The molecular formula is C13H17NO3. The van der Waals surface area contributed by atoms with E-state index in [2.05, 4.69) is 5.32 Å². The van der Waals surface area contributed by atoms with E-state index in [0.717, 1.165) is 11.0 Å². The summed E-state index contributed by atoms with van der Waals surface area (Å²) in [6.45, 7) is 0.673. The van der Waals surface area contributed by atoms with Crippen LogP contribution >= 0.6 is 0 Å². The normalized spacial score (nSPS) is 15.0. The van der Waals surface area contributed by atoms with Crippen molar-refractivity contribution in [3.05, 3.63) is 36.1 Å². The van der Waals surface area contributed by atoms with Crippen molar-refractivity contribution in [2.75, 3.05) is 13.6 Å². The van der Waals surface area contributed by atoms with E-state index in [1.165, 1.54) is 0 Å². The van der Waals surface area contributed by atoms with Crippen molar-refractivity contribution in [2.45, 2.75) is 18.6 Å². The van der Waals surface area contributed by atoms with Crippen LogP contribution in [0.5, 0.6) is 0 Å². The Kier molecular flexibility index (Phi) is 3.78. The van der Waals surface area contributed by atoms with Crippen LogP contribution in [0.3, 0.4) is 0 Å². The highest BCUT2D eigenvalue weighted by Gasteiger charge is 2.18. The zero-order valence-electron chi connectivity index (χ0n) is 9.76. The molecule has 4 nitrogen and oxygen atoms in total. The maximum Gasteiger partial charge on any atom is 0.133 e. The van der Waals surface area contributed by atoms with E-state index < -0.39 is 12.2 Å². The van der Waals surface area contributed by atoms with Crippen molar-refractivity contribution < 1.29 is 14.6 Å². The van der Waals surface area contributed by atoms with Gasteiger partial charge in [-0.3, -0.25) is 0 Å². The second-order valence-electron chi connectivity index (χ2n) is 4.12. The third kappa shape index (κ3) is 2.66. The molecule has 1 aromatic heterocycles. The zero-order chi connectivity index (χ0) is 12.3. The first-order valence-corrected chi connectivity index (χ1v) is 5.70. The number of rotatable bonds is 5. The Morgan fingerprint density at radius 3 is 2.88 bits per heavy atom. The number of nitrogens with one attached hydrogen (secondary N) is 1. The summed E-state index contributed by atoms with van der Waals surface area (Å²) in [5.74, 6) is 0. The third-order valence-corrected chi connectivity index (χ3v) is 2.87. The Hall–Kier alpha value is -1.36. The van der Waals surface area contributed by atoms with E-state index in [1.807, 2.05) is 19.2 Å². The fourth-order valence-corrected chi connectivity index (χ4v) is 1.84. The van der Waals surface area contributed by atoms with Gasteiger partial charge < -0.3 is 19.9 Å². The minimum Gasteiger partial charge on any atom is -0.464 e. The minimum atomic E-state index is -0.859. The second kappa shape index (κ2) is 5.31. The maximum absolute atomic E-state index is 10.0. The number of aliphatic hydroxyl groups is 2. The van der Waals surface area contributed by atoms with Gasteiger partial charge in [-0.05, 0) is 43.8 Å². The van der Waals surface area contributed by atoms with Gasteiger partial charge in [0.1, 0.15) is 11.7 Å². The predicted octanol–water partition coefficient (Wildman–Crippen LogP) is 1.44. The van der Waals surface area contributed by atoms with Crippen LogP contribution < -0.4 is 5.32 Å². The van der Waals surface area contributed by atoms with Crippen LogP contribution in [0.15, 0.2) is 34.9 Å². The van der Waals surface area contributed by atoms with Gasteiger partial charge >= 0.3 is 0 Å². The molecule has 0 spiro atoms. The highest BCUT2D eigenvalue weighted by Crippen LogP contribution is 2.24. The highest BCUT2D eigenvalue weighted by atomic mass is 16.3. The Balaban J connectivity index is 2.14. The Labute approximate surface area is 99.9 Å². The molecule has 0 saturated heterocycles. The molecule has 2 unspecified atom stereocenters. The van der Waals surface area contributed by atoms with Gasteiger partial charge in [-0.15, -0.1) is 0 Å². The molecule has 3 N–H and O–H groups in total. The summed E-state index contributed by atoms with van der Waals surface area (Å²) in [6.07, 6.45) is 0.508. The molecule has 0 aliphatic carbocycles. The van der Waals surface area contributed by atoms with Gasteiger partial charge in [-0.1, -0.05) is 6.07 Å². The lowest BCUT2D eigenvalue weighted by molar-refractivity contribution is 0.0141. The summed E-state index contributed by atoms with van der Waals surface area (Å²) in [5.41, 5.74) is 1.49. The molecular weight excluding hydrogens is 218 g/mol. The van der Waals surface area contributed by atoms with Gasteiger partial charge in [0, 0.05) is 5.39 Å². The Morgan fingerprint density at radius 1 is 1.29 bits per heavy atom. The smallest absolute Gasteiger partial charge is 0.133 e. The molecule has 92 valence electrons. The van der Waals surface area contributed by atoms with Gasteiger partial charge in [0.2, 0.25) is 0 Å². The van der Waals surface area contributed by atoms with E-state index in [0.29, 0.717) is 18.5 Å². The SMILES string of the molecule is CNCCC(O)C(O)c1ccc2occc2c1. The van der Waals surface area contributed by atoms with Crippen molar-refractivity contribution in [3.63, 3.8) is 0 Å². The second-order valence-corrected chi connectivity index (χ2v) is 4.12. The largest absolute Gasteiger partial charge is 0.464 e. The monoisotopic (exact) mass is 235 g/mol. The summed E-state index contributed by atoms with van der Waals surface area (Å²) in [7, 11) is 1.82. The van der Waals surface area contributed by atoms with Crippen LogP contribution in [-0.4, -0.2) is 29.9 Å².